The molecule has 2 fully saturated rings. The van der Waals surface area contributed by atoms with Crippen LogP contribution < -0.4 is 9.96 Å². The van der Waals surface area contributed by atoms with Gasteiger partial charge in [-0.1, -0.05) is 71.2 Å². The number of amides is 2. The number of hydrogen-bond acceptors (Lipinski definition) is 4. The minimum Gasteiger partial charge on any atom is -0.273 e. The lowest BCUT2D eigenvalue weighted by Crippen LogP contribution is -2.37. The third kappa shape index (κ3) is 3.39. The molecule has 2 aliphatic heterocycles. The van der Waals surface area contributed by atoms with Crippen molar-refractivity contribution in [2.45, 2.75) is 19.1 Å². The van der Waals surface area contributed by atoms with Gasteiger partial charge < -0.3 is 0 Å². The van der Waals surface area contributed by atoms with Gasteiger partial charge in [0.15, 0.2) is 6.10 Å². The molecule has 3 aromatic carbocycles. The van der Waals surface area contributed by atoms with Gasteiger partial charge in [0, 0.05) is 10.0 Å². The monoisotopic (exact) mass is 452 g/mol. The van der Waals surface area contributed by atoms with Crippen molar-refractivity contribution >= 4 is 46.4 Å². The van der Waals surface area contributed by atoms with Crippen LogP contribution in [0.4, 0.5) is 11.4 Å². The fourth-order valence-electron chi connectivity index (χ4n) is 4.24. The van der Waals surface area contributed by atoms with Crippen molar-refractivity contribution in [3.8, 4) is 0 Å². The van der Waals surface area contributed by atoms with Gasteiger partial charge in [-0.05, 0) is 42.8 Å². The lowest BCUT2D eigenvalue weighted by molar-refractivity contribution is -0.126. The smallest absolute Gasteiger partial charge is 0.266 e. The molecule has 31 heavy (non-hydrogen) atoms. The third-order valence-electron chi connectivity index (χ3n) is 5.65. The zero-order valence-electron chi connectivity index (χ0n) is 16.5. The normalized spacial score (nSPS) is 22.9. The van der Waals surface area contributed by atoms with E-state index in [4.69, 9.17) is 28.0 Å². The van der Waals surface area contributed by atoms with Crippen LogP contribution in [0.5, 0.6) is 0 Å². The van der Waals surface area contributed by atoms with Crippen molar-refractivity contribution in [3.05, 3.63) is 94.0 Å². The van der Waals surface area contributed by atoms with Crippen LogP contribution in [0.1, 0.15) is 17.2 Å². The fraction of sp³-hybridized carbons (Fsp3) is 0.167. The van der Waals surface area contributed by atoms with Crippen LogP contribution in [0, 0.1) is 12.8 Å². The van der Waals surface area contributed by atoms with Crippen LogP contribution in [0.25, 0.3) is 0 Å². The van der Waals surface area contributed by atoms with E-state index in [0.29, 0.717) is 15.7 Å². The Kier molecular flexibility index (Phi) is 4.97. The first-order valence-electron chi connectivity index (χ1n) is 9.85. The molecule has 2 aliphatic rings. The zero-order chi connectivity index (χ0) is 21.7. The lowest BCUT2D eigenvalue weighted by Gasteiger charge is -2.29. The Morgan fingerprint density at radius 3 is 2.10 bits per heavy atom. The van der Waals surface area contributed by atoms with Crippen molar-refractivity contribution < 1.29 is 14.4 Å². The number of benzene rings is 3. The van der Waals surface area contributed by atoms with Gasteiger partial charge in [0.25, 0.3) is 5.91 Å². The fourth-order valence-corrected chi connectivity index (χ4v) is 4.75. The first-order chi connectivity index (χ1) is 14.9. The molecule has 0 unspecified atom stereocenters. The summed E-state index contributed by atoms with van der Waals surface area (Å²) in [4.78, 5) is 34.1. The van der Waals surface area contributed by atoms with Crippen LogP contribution >= 0.6 is 23.2 Å². The Labute approximate surface area is 189 Å². The van der Waals surface area contributed by atoms with Gasteiger partial charge >= 0.3 is 0 Å². The SMILES string of the molecule is Cc1ccc([C@H]2[C@H]3C(=O)N(c4cc(Cl)cc(Cl)c4)C(=O)[C@@H]3ON2c2ccccc2)cc1. The summed E-state index contributed by atoms with van der Waals surface area (Å²) in [5, 5.41) is 2.38. The molecule has 0 saturated carbocycles. The van der Waals surface area contributed by atoms with Gasteiger partial charge in [0.2, 0.25) is 5.91 Å². The van der Waals surface area contributed by atoms with E-state index in [1.165, 1.54) is 0 Å². The second-order valence-electron chi connectivity index (χ2n) is 7.71. The van der Waals surface area contributed by atoms with Gasteiger partial charge in [0.1, 0.15) is 5.92 Å². The number of carbonyl (C=O) groups excluding carboxylic acids is 2. The number of anilines is 2. The highest BCUT2D eigenvalue weighted by atomic mass is 35.5. The maximum atomic E-state index is 13.6. The molecule has 0 aromatic heterocycles. The highest BCUT2D eigenvalue weighted by molar-refractivity contribution is 6.35. The third-order valence-corrected chi connectivity index (χ3v) is 6.09. The lowest BCUT2D eigenvalue weighted by atomic mass is 9.90. The van der Waals surface area contributed by atoms with E-state index in [-0.39, 0.29) is 5.91 Å². The summed E-state index contributed by atoms with van der Waals surface area (Å²) in [6.45, 7) is 2.00. The Bertz CT molecular complexity index is 1150. The quantitative estimate of drug-likeness (QED) is 0.502. The maximum Gasteiger partial charge on any atom is 0.266 e. The van der Waals surface area contributed by atoms with E-state index >= 15 is 0 Å². The zero-order valence-corrected chi connectivity index (χ0v) is 18.0. The van der Waals surface area contributed by atoms with Crippen LogP contribution in [-0.4, -0.2) is 17.9 Å². The van der Waals surface area contributed by atoms with E-state index in [9.17, 15) is 9.59 Å². The van der Waals surface area contributed by atoms with E-state index in [2.05, 4.69) is 0 Å². The van der Waals surface area contributed by atoms with Gasteiger partial charge in [-0.15, -0.1) is 0 Å². The number of halogens is 2. The summed E-state index contributed by atoms with van der Waals surface area (Å²) in [5.74, 6) is -1.46. The number of nitrogens with zero attached hydrogens (tertiary/aromatic N) is 2. The number of para-hydroxylation sites is 1. The Morgan fingerprint density at radius 2 is 1.45 bits per heavy atom. The van der Waals surface area contributed by atoms with Gasteiger partial charge in [-0.3, -0.25) is 14.4 Å². The molecule has 0 aliphatic carbocycles. The molecule has 0 radical (unpaired) electrons. The minimum absolute atomic E-state index is 0.336. The molecule has 0 N–H and O–H groups in total. The molecule has 156 valence electrons. The molecule has 0 spiro atoms. The van der Waals surface area contributed by atoms with Crippen molar-refractivity contribution in [1.82, 2.24) is 0 Å². The number of hydrogen-bond donors (Lipinski definition) is 0. The van der Waals surface area contributed by atoms with Gasteiger partial charge in [-0.2, -0.15) is 0 Å². The molecule has 3 atom stereocenters. The minimum atomic E-state index is -0.934. The highest BCUT2D eigenvalue weighted by Crippen LogP contribution is 2.47. The Morgan fingerprint density at radius 1 is 0.806 bits per heavy atom. The molecular formula is C24H18Cl2N2O3. The van der Waals surface area contributed by atoms with Crippen molar-refractivity contribution in [1.29, 1.82) is 0 Å². The van der Waals surface area contributed by atoms with Crippen LogP contribution in [0.15, 0.2) is 72.8 Å². The van der Waals surface area contributed by atoms with Crippen LogP contribution in [0.2, 0.25) is 10.0 Å². The second-order valence-corrected chi connectivity index (χ2v) is 8.58. The van der Waals surface area contributed by atoms with E-state index in [0.717, 1.165) is 21.7 Å². The molecule has 2 amide bonds. The predicted molar refractivity (Wildman–Crippen MR) is 120 cm³/mol. The molecule has 0 bridgehead atoms. The Hall–Kier alpha value is -2.86. The van der Waals surface area contributed by atoms with Crippen LogP contribution in [-0.2, 0) is 14.4 Å². The van der Waals surface area contributed by atoms with Crippen molar-refractivity contribution in [2.75, 3.05) is 9.96 Å². The first-order valence-corrected chi connectivity index (χ1v) is 10.6. The van der Waals surface area contributed by atoms with E-state index in [1.807, 2.05) is 61.5 Å². The summed E-state index contributed by atoms with van der Waals surface area (Å²) < 4.78 is 0. The molecule has 5 nitrogen and oxygen atoms in total. The number of imide groups is 1. The predicted octanol–water partition coefficient (Wildman–Crippen LogP) is 5.35. The first kappa shape index (κ1) is 20.1. The van der Waals surface area contributed by atoms with Crippen molar-refractivity contribution in [3.63, 3.8) is 0 Å². The number of aryl methyl sites for hydroxylation is 1. The standard InChI is InChI=1S/C24H18Cl2N2O3/c1-14-7-9-15(10-8-14)21-20-22(31-28(21)18-5-3-2-4-6-18)24(30)27(23(20)29)19-12-16(25)11-17(26)13-19/h2-13,20-22H,1H3/t20-,21+,22-/m1/s1. The van der Waals surface area contributed by atoms with E-state index < -0.39 is 24.0 Å². The number of carbonyl (C=O) groups is 2. The molecule has 3 aromatic rings. The van der Waals surface area contributed by atoms with Gasteiger partial charge in [-0.25, -0.2) is 9.96 Å². The summed E-state index contributed by atoms with van der Waals surface area (Å²) in [6.07, 6.45) is -0.934. The summed E-state index contributed by atoms with van der Waals surface area (Å²) in [5.41, 5.74) is 3.13. The molecule has 2 heterocycles. The molecule has 7 heteroatoms. The molecule has 2 saturated heterocycles. The average Bonchev–Trinajstić information content (AvgIpc) is 3.25. The Balaban J connectivity index is 1.59. The number of hydroxylamine groups is 1. The van der Waals surface area contributed by atoms with E-state index in [1.54, 1.807) is 23.3 Å². The number of fused-ring (bicyclic) bond motifs is 1. The summed E-state index contributed by atoms with van der Waals surface area (Å²) in [6, 6.07) is 21.6. The summed E-state index contributed by atoms with van der Waals surface area (Å²) >= 11 is 12.2. The maximum absolute atomic E-state index is 13.6. The largest absolute Gasteiger partial charge is 0.273 e. The van der Waals surface area contributed by atoms with Crippen molar-refractivity contribution in [2.24, 2.45) is 5.92 Å². The topological polar surface area (TPSA) is 49.9 Å². The number of rotatable bonds is 3. The second kappa shape index (κ2) is 7.68. The highest BCUT2D eigenvalue weighted by Gasteiger charge is 2.60. The average molecular weight is 453 g/mol. The van der Waals surface area contributed by atoms with Crippen LogP contribution in [0.3, 0.4) is 0 Å². The molecular weight excluding hydrogens is 435 g/mol. The summed E-state index contributed by atoms with van der Waals surface area (Å²) in [7, 11) is 0. The van der Waals surface area contributed by atoms with Gasteiger partial charge in [0.05, 0.1) is 17.4 Å². The molecule has 5 rings (SSSR count).